The van der Waals surface area contributed by atoms with Crippen LogP contribution < -0.4 is 10.6 Å². The molecule has 2 saturated heterocycles. The molecule has 2 aliphatic heterocycles. The smallest absolute Gasteiger partial charge is 0.191 e. The summed E-state index contributed by atoms with van der Waals surface area (Å²) in [5.41, 5.74) is -0.0295. The van der Waals surface area contributed by atoms with Gasteiger partial charge in [0.15, 0.2) is 5.96 Å². The van der Waals surface area contributed by atoms with Crippen LogP contribution in [0.25, 0.3) is 0 Å². The Morgan fingerprint density at radius 1 is 1.12 bits per heavy atom. The van der Waals surface area contributed by atoms with Crippen molar-refractivity contribution in [2.75, 3.05) is 66.0 Å². The lowest BCUT2D eigenvalue weighted by Crippen LogP contribution is -2.46. The first-order valence-electron chi connectivity index (χ1n) is 9.68. The molecule has 0 aromatic carbocycles. The third-order valence-electron chi connectivity index (χ3n) is 5.26. The van der Waals surface area contributed by atoms with Gasteiger partial charge in [0, 0.05) is 52.9 Å². The Balaban J connectivity index is 0.00000312. The summed E-state index contributed by atoms with van der Waals surface area (Å²) in [4.78, 5) is 9.43. The van der Waals surface area contributed by atoms with Gasteiger partial charge in [0.2, 0.25) is 0 Å². The van der Waals surface area contributed by atoms with Gasteiger partial charge in [0.25, 0.3) is 0 Å². The van der Waals surface area contributed by atoms with E-state index in [0.29, 0.717) is 0 Å². The van der Waals surface area contributed by atoms with Gasteiger partial charge in [-0.15, -0.1) is 24.0 Å². The number of guanidine groups is 1. The van der Waals surface area contributed by atoms with Crippen LogP contribution in [0.15, 0.2) is 4.99 Å². The van der Waals surface area contributed by atoms with Crippen LogP contribution in [0.2, 0.25) is 0 Å². The normalized spacial score (nSPS) is 25.6. The molecule has 1 atom stereocenters. The van der Waals surface area contributed by atoms with Crippen molar-refractivity contribution in [2.24, 2.45) is 4.99 Å². The highest BCUT2D eigenvalue weighted by Gasteiger charge is 2.29. The summed E-state index contributed by atoms with van der Waals surface area (Å²) in [6.45, 7) is 14.4. The summed E-state index contributed by atoms with van der Waals surface area (Å²) < 4.78 is 5.81. The van der Waals surface area contributed by atoms with Gasteiger partial charge in [0.05, 0.1) is 5.60 Å². The number of likely N-dealkylation sites (N-methyl/N-ethyl adjacent to an activating group) is 1. The Morgan fingerprint density at radius 3 is 2.44 bits per heavy atom. The van der Waals surface area contributed by atoms with E-state index in [2.05, 4.69) is 39.3 Å². The van der Waals surface area contributed by atoms with Crippen LogP contribution >= 0.6 is 24.0 Å². The predicted molar refractivity (Wildman–Crippen MR) is 116 cm³/mol. The second kappa shape index (κ2) is 12.3. The molecule has 1 unspecified atom stereocenters. The molecular formula is C18H38IN5O. The Labute approximate surface area is 171 Å². The van der Waals surface area contributed by atoms with Crippen LogP contribution in [0.1, 0.15) is 39.5 Å². The maximum atomic E-state index is 5.81. The van der Waals surface area contributed by atoms with E-state index < -0.39 is 0 Å². The maximum absolute atomic E-state index is 5.81. The van der Waals surface area contributed by atoms with E-state index in [4.69, 9.17) is 4.74 Å². The molecule has 0 aromatic rings. The first-order valence-corrected chi connectivity index (χ1v) is 9.68. The summed E-state index contributed by atoms with van der Waals surface area (Å²) >= 11 is 0. The molecule has 0 bridgehead atoms. The van der Waals surface area contributed by atoms with Gasteiger partial charge < -0.3 is 25.2 Å². The predicted octanol–water partition coefficient (Wildman–Crippen LogP) is 1.76. The van der Waals surface area contributed by atoms with Crippen molar-refractivity contribution in [3.63, 3.8) is 0 Å². The molecular weight excluding hydrogens is 429 g/mol. The molecule has 0 aliphatic carbocycles. The minimum Gasteiger partial charge on any atom is -0.373 e. The number of nitrogens with one attached hydrogen (secondary N) is 2. The lowest BCUT2D eigenvalue weighted by molar-refractivity contribution is 0.0243. The highest BCUT2D eigenvalue weighted by atomic mass is 127. The molecule has 0 aromatic heterocycles. The molecule has 2 fully saturated rings. The van der Waals surface area contributed by atoms with Gasteiger partial charge >= 0.3 is 0 Å². The van der Waals surface area contributed by atoms with E-state index >= 15 is 0 Å². The Hall–Kier alpha value is -0.120. The highest BCUT2D eigenvalue weighted by molar-refractivity contribution is 14.0. The molecule has 0 amide bonds. The fourth-order valence-corrected chi connectivity index (χ4v) is 3.46. The second-order valence-corrected chi connectivity index (χ2v) is 7.24. The summed E-state index contributed by atoms with van der Waals surface area (Å²) in [6, 6.07) is 0. The molecule has 6 nitrogen and oxygen atoms in total. The van der Waals surface area contributed by atoms with Crippen molar-refractivity contribution in [3.05, 3.63) is 0 Å². The molecule has 148 valence electrons. The molecule has 0 radical (unpaired) electrons. The summed E-state index contributed by atoms with van der Waals surface area (Å²) in [6.07, 6.45) is 4.72. The number of hydrogen-bond donors (Lipinski definition) is 2. The first-order chi connectivity index (χ1) is 11.6. The number of halogens is 1. The van der Waals surface area contributed by atoms with Crippen molar-refractivity contribution in [3.8, 4) is 0 Å². The van der Waals surface area contributed by atoms with E-state index in [1.165, 1.54) is 52.1 Å². The largest absolute Gasteiger partial charge is 0.373 e. The van der Waals surface area contributed by atoms with Crippen molar-refractivity contribution >= 4 is 29.9 Å². The average molecular weight is 467 g/mol. The lowest BCUT2D eigenvalue weighted by Gasteiger charge is -2.34. The van der Waals surface area contributed by atoms with Crippen molar-refractivity contribution in [1.82, 2.24) is 20.4 Å². The van der Waals surface area contributed by atoms with Crippen LogP contribution in [0.4, 0.5) is 0 Å². The second-order valence-electron chi connectivity index (χ2n) is 7.24. The molecule has 7 heteroatoms. The summed E-state index contributed by atoms with van der Waals surface area (Å²) in [5, 5.41) is 6.82. The quantitative estimate of drug-likeness (QED) is 0.247. The number of aliphatic imine (C=N–C) groups is 1. The monoisotopic (exact) mass is 467 g/mol. The van der Waals surface area contributed by atoms with Crippen molar-refractivity contribution in [2.45, 2.75) is 45.1 Å². The van der Waals surface area contributed by atoms with Crippen LogP contribution in [0.5, 0.6) is 0 Å². The van der Waals surface area contributed by atoms with Crippen LogP contribution in [-0.4, -0.2) is 87.4 Å². The molecule has 25 heavy (non-hydrogen) atoms. The number of rotatable bonds is 8. The third-order valence-corrected chi connectivity index (χ3v) is 5.26. The fourth-order valence-electron chi connectivity index (χ4n) is 3.46. The molecule has 2 heterocycles. The molecule has 0 saturated carbocycles. The van der Waals surface area contributed by atoms with E-state index in [1.807, 2.05) is 7.05 Å². The van der Waals surface area contributed by atoms with E-state index in [-0.39, 0.29) is 29.6 Å². The Kier molecular flexibility index (Phi) is 11.3. The van der Waals surface area contributed by atoms with Crippen molar-refractivity contribution in [1.29, 1.82) is 0 Å². The lowest BCUT2D eigenvalue weighted by atomic mass is 10.0. The Morgan fingerprint density at radius 2 is 1.84 bits per heavy atom. The van der Waals surface area contributed by atoms with Gasteiger partial charge in [-0.05, 0) is 45.7 Å². The zero-order valence-electron chi connectivity index (χ0n) is 16.4. The van der Waals surface area contributed by atoms with Gasteiger partial charge in [-0.2, -0.15) is 0 Å². The number of nitrogens with zero attached hydrogens (tertiary/aromatic N) is 3. The number of piperazine rings is 1. The zero-order chi connectivity index (χ0) is 17.3. The summed E-state index contributed by atoms with van der Waals surface area (Å²) in [5.74, 6) is 0.892. The van der Waals surface area contributed by atoms with Gasteiger partial charge in [-0.25, -0.2) is 0 Å². The molecule has 0 spiro atoms. The molecule has 2 aliphatic rings. The minimum absolute atomic E-state index is 0. The van der Waals surface area contributed by atoms with E-state index in [0.717, 1.165) is 38.5 Å². The SMILES string of the molecule is CCN1CCN(CCCCNC(=NC)NCC2(C)CCCO2)CC1.I. The van der Waals surface area contributed by atoms with E-state index in [9.17, 15) is 0 Å². The molecule has 2 N–H and O–H groups in total. The number of unbranched alkanes of at least 4 members (excludes halogenated alkanes) is 1. The first kappa shape index (κ1) is 22.9. The maximum Gasteiger partial charge on any atom is 0.191 e. The highest BCUT2D eigenvalue weighted by Crippen LogP contribution is 2.23. The Bertz CT molecular complexity index is 380. The minimum atomic E-state index is -0.0295. The van der Waals surface area contributed by atoms with Crippen LogP contribution in [0, 0.1) is 0 Å². The molecule has 2 rings (SSSR count). The number of hydrogen-bond acceptors (Lipinski definition) is 4. The third kappa shape index (κ3) is 8.41. The summed E-state index contributed by atoms with van der Waals surface area (Å²) in [7, 11) is 1.83. The fraction of sp³-hybridized carbons (Fsp3) is 0.944. The standard InChI is InChI=1S/C18H37N5O.HI/c1-4-22-11-13-23(14-12-22)10-6-5-9-20-17(19-3)21-16-18(2)8-7-15-24-18;/h4-16H2,1-3H3,(H2,19,20,21);1H. The van der Waals surface area contributed by atoms with Gasteiger partial charge in [-0.1, -0.05) is 6.92 Å². The van der Waals surface area contributed by atoms with Gasteiger partial charge in [0.1, 0.15) is 0 Å². The topological polar surface area (TPSA) is 52.1 Å². The number of ether oxygens (including phenoxy) is 1. The van der Waals surface area contributed by atoms with Gasteiger partial charge in [-0.3, -0.25) is 4.99 Å². The zero-order valence-corrected chi connectivity index (χ0v) is 18.7. The van der Waals surface area contributed by atoms with Crippen molar-refractivity contribution < 1.29 is 4.74 Å². The average Bonchev–Trinajstić information content (AvgIpc) is 3.04. The van der Waals surface area contributed by atoms with E-state index in [1.54, 1.807) is 0 Å². The van der Waals surface area contributed by atoms with Crippen LogP contribution in [-0.2, 0) is 4.74 Å². The van der Waals surface area contributed by atoms with Crippen LogP contribution in [0.3, 0.4) is 0 Å².